The topological polar surface area (TPSA) is 269 Å². The Morgan fingerprint density at radius 1 is 0.792 bits per heavy atom. The maximum absolute atomic E-state index is 14.0. The zero-order valence-electron chi connectivity index (χ0n) is 43.4. The van der Waals surface area contributed by atoms with E-state index in [9.17, 15) is 42.3 Å². The fraction of sp³-hybridized carbons (Fsp3) is 0.370. The van der Waals surface area contributed by atoms with Crippen LogP contribution >= 0.6 is 22.7 Å². The van der Waals surface area contributed by atoms with E-state index < -0.39 is 57.3 Å². The molecule has 77 heavy (non-hydrogen) atoms. The van der Waals surface area contributed by atoms with Crippen molar-refractivity contribution in [1.82, 2.24) is 40.1 Å². The Morgan fingerprint density at radius 2 is 1.47 bits per heavy atom. The largest absolute Gasteiger partial charge is 0.391 e. The van der Waals surface area contributed by atoms with Crippen LogP contribution in [-0.4, -0.2) is 132 Å². The molecule has 1 saturated heterocycles. The number of aliphatic hydroxyl groups is 1. The molecule has 0 bridgehead atoms. The van der Waals surface area contributed by atoms with Crippen LogP contribution in [0.3, 0.4) is 0 Å². The van der Waals surface area contributed by atoms with Crippen LogP contribution in [0.1, 0.15) is 67.2 Å². The third kappa shape index (κ3) is 16.4. The second kappa shape index (κ2) is 26.3. The van der Waals surface area contributed by atoms with Gasteiger partial charge in [-0.15, -0.1) is 22.7 Å². The lowest BCUT2D eigenvalue weighted by Gasteiger charge is -2.35. The van der Waals surface area contributed by atoms with Gasteiger partial charge < -0.3 is 46.1 Å². The number of benzene rings is 3. The first-order chi connectivity index (χ1) is 36.7. The predicted octanol–water partition coefficient (Wildman–Crippen LogP) is 5.13. The number of nitrogens with one attached hydrogen (secondary N) is 5. The van der Waals surface area contributed by atoms with Gasteiger partial charge in [0, 0.05) is 62.2 Å². The van der Waals surface area contributed by atoms with Crippen molar-refractivity contribution in [1.29, 1.82) is 0 Å². The first kappa shape index (κ1) is 57.6. The van der Waals surface area contributed by atoms with Crippen LogP contribution in [0.25, 0.3) is 32.8 Å². The average Bonchev–Trinajstić information content (AvgIpc) is 4.25. The van der Waals surface area contributed by atoms with E-state index in [1.54, 1.807) is 22.2 Å². The van der Waals surface area contributed by atoms with Gasteiger partial charge in [0.05, 0.1) is 72.7 Å². The first-order valence-corrected chi connectivity index (χ1v) is 28.4. The van der Waals surface area contributed by atoms with E-state index in [1.807, 2.05) is 100 Å². The van der Waals surface area contributed by atoms with Gasteiger partial charge in [-0.1, -0.05) is 81.4 Å². The Bertz CT molecular complexity index is 3170. The molecule has 4 heterocycles. The molecule has 1 aliphatic rings. The molecule has 7 rings (SSSR count). The molecule has 23 heteroatoms. The van der Waals surface area contributed by atoms with E-state index in [-0.39, 0.29) is 82.7 Å². The highest BCUT2D eigenvalue weighted by Gasteiger charge is 2.44. The molecule has 1 aliphatic heterocycles. The Kier molecular flexibility index (Phi) is 19.6. The number of carbonyl (C=O) groups is 6. The van der Waals surface area contributed by atoms with Gasteiger partial charge in [0.25, 0.3) is 5.91 Å². The number of likely N-dealkylation sites (tertiary alicyclic amines) is 1. The van der Waals surface area contributed by atoms with Crippen molar-refractivity contribution >= 4 is 73.3 Å². The number of hydrogen-bond donors (Lipinski definition) is 6. The number of anilines is 1. The second-order valence-electron chi connectivity index (χ2n) is 19.5. The van der Waals surface area contributed by atoms with E-state index in [2.05, 4.69) is 36.6 Å². The average molecular weight is 1110 g/mol. The molecule has 20 nitrogen and oxygen atoms in total. The molecule has 0 radical (unpaired) electrons. The van der Waals surface area contributed by atoms with Crippen molar-refractivity contribution < 1.29 is 51.8 Å². The molecule has 0 saturated carbocycles. The van der Waals surface area contributed by atoms with Gasteiger partial charge in [0.15, 0.2) is 5.13 Å². The minimum absolute atomic E-state index is 0.0288. The molecule has 3 aromatic carbocycles. The van der Waals surface area contributed by atoms with Gasteiger partial charge in [-0.25, -0.2) is 18.4 Å². The van der Waals surface area contributed by atoms with E-state index >= 15 is 0 Å². The van der Waals surface area contributed by atoms with Crippen LogP contribution in [0.2, 0.25) is 0 Å². The van der Waals surface area contributed by atoms with E-state index in [0.29, 0.717) is 17.4 Å². The van der Waals surface area contributed by atoms with E-state index in [1.165, 1.54) is 34.7 Å². The van der Waals surface area contributed by atoms with Crippen molar-refractivity contribution in [3.05, 3.63) is 125 Å². The summed E-state index contributed by atoms with van der Waals surface area (Å²) in [5.74, 6) is -2.55. The molecule has 6 amide bonds. The Balaban J connectivity index is 0.774. The molecule has 6 N–H and O–H groups in total. The summed E-state index contributed by atoms with van der Waals surface area (Å²) < 4.78 is 35.5. The van der Waals surface area contributed by atoms with Crippen LogP contribution in [0.5, 0.6) is 0 Å². The highest BCUT2D eigenvalue weighted by atomic mass is 32.2. The van der Waals surface area contributed by atoms with Gasteiger partial charge in [0.2, 0.25) is 39.6 Å². The van der Waals surface area contributed by atoms with Crippen molar-refractivity contribution in [2.45, 2.75) is 78.2 Å². The van der Waals surface area contributed by atoms with Crippen LogP contribution in [0.15, 0.2) is 102 Å². The molecule has 1 fully saturated rings. The predicted molar refractivity (Wildman–Crippen MR) is 293 cm³/mol. The molecule has 3 atom stereocenters. The number of ether oxygens (including phenoxy) is 2. The number of aliphatic hydroxyl groups excluding tert-OH is 1. The van der Waals surface area contributed by atoms with Crippen molar-refractivity contribution in [2.75, 3.05) is 51.1 Å². The van der Waals surface area contributed by atoms with E-state index in [0.717, 1.165) is 54.2 Å². The number of aromatic nitrogens is 3. The number of hydrogen-bond acceptors (Lipinski definition) is 15. The SMILES string of the molecule is Cc1ncsc1-c1ccc(CNC(=O)[C@@H]2C[C@@H](O)CN2C(=O)[C@@H](NC(=O)CCOCCOCCC(=O)NCc2cccc(-c3cccc(-c4csc(NC(=O)CNC(=O)c5ccn(S(C)(=O)=O)c5)n4)c3)c2)C(C)(C)C)cc1. The lowest BCUT2D eigenvalue weighted by atomic mass is 9.85. The summed E-state index contributed by atoms with van der Waals surface area (Å²) in [4.78, 5) is 89.6. The summed E-state index contributed by atoms with van der Waals surface area (Å²) in [7, 11) is -3.55. The normalized spacial score (nSPS) is 14.9. The van der Waals surface area contributed by atoms with Crippen LogP contribution in [0.4, 0.5) is 5.13 Å². The van der Waals surface area contributed by atoms with Crippen LogP contribution in [-0.2, 0) is 56.6 Å². The number of β-amino-alcohol motifs (C(OH)–C–C–N with tert-alkyl or cyclic N) is 1. The number of nitrogens with zero attached hydrogens (tertiary/aromatic N) is 4. The van der Waals surface area contributed by atoms with Gasteiger partial charge in [0.1, 0.15) is 12.1 Å². The molecule has 0 aliphatic carbocycles. The third-order valence-corrected chi connectivity index (χ3v) is 15.1. The molecule has 0 unspecified atom stereocenters. The molecule has 6 aromatic rings. The standard InChI is InChI=1S/C54H63N9O11S3/c1-34-48(76-33-58-34)37-14-12-35(13-15-37)27-56-51(69)44-26-42(64)31-63(44)52(70)49(54(2,3)4)60-46(66)18-21-74-23-22-73-20-17-45(65)55-28-36-8-6-9-38(24-36)39-10-7-11-40(25-39)43-32-75-53(59-43)61-47(67)29-57-50(68)41-16-19-62(30-41)77(5,71)72/h6-16,19,24-25,30,32-33,42,44,49,64H,17-18,20-23,26-29,31H2,1-5H3,(H,55,65)(H,56,69)(H,57,68)(H,60,66)(H,59,61,67)/t42-,44+,49-/m1/s1. The number of thiazole rings is 2. The molecule has 3 aromatic heterocycles. The number of rotatable bonds is 24. The lowest BCUT2D eigenvalue weighted by Crippen LogP contribution is -2.57. The minimum atomic E-state index is -3.55. The van der Waals surface area contributed by atoms with Crippen LogP contribution < -0.4 is 26.6 Å². The van der Waals surface area contributed by atoms with E-state index in [4.69, 9.17) is 9.47 Å². The number of amides is 6. The summed E-state index contributed by atoms with van der Waals surface area (Å²) in [5, 5.41) is 26.5. The number of carbonyl (C=O) groups excluding carboxylic acids is 6. The fourth-order valence-corrected chi connectivity index (χ4v) is 10.4. The van der Waals surface area contributed by atoms with Crippen molar-refractivity contribution in [3.8, 4) is 32.8 Å². The molecule has 408 valence electrons. The van der Waals surface area contributed by atoms with Gasteiger partial charge in [-0.2, -0.15) is 0 Å². The van der Waals surface area contributed by atoms with Crippen LogP contribution in [0, 0.1) is 12.3 Å². The molecular weight excluding hydrogens is 1050 g/mol. The Morgan fingerprint density at radius 3 is 2.14 bits per heavy atom. The van der Waals surface area contributed by atoms with Gasteiger partial charge in [-0.3, -0.25) is 32.7 Å². The quantitative estimate of drug-likeness (QED) is 0.0430. The third-order valence-electron chi connectivity index (χ3n) is 12.4. The minimum Gasteiger partial charge on any atom is -0.391 e. The monoisotopic (exact) mass is 1110 g/mol. The smallest absolute Gasteiger partial charge is 0.253 e. The highest BCUT2D eigenvalue weighted by molar-refractivity contribution is 7.89. The fourth-order valence-electron chi connectivity index (χ4n) is 8.28. The Hall–Kier alpha value is -7.15. The zero-order valence-corrected chi connectivity index (χ0v) is 45.8. The second-order valence-corrected chi connectivity index (χ2v) is 23.1. The lowest BCUT2D eigenvalue weighted by molar-refractivity contribution is -0.144. The highest BCUT2D eigenvalue weighted by Crippen LogP contribution is 2.31. The first-order valence-electron chi connectivity index (χ1n) is 24.8. The number of aryl methyl sites for hydroxylation is 1. The summed E-state index contributed by atoms with van der Waals surface area (Å²) >= 11 is 2.78. The van der Waals surface area contributed by atoms with Crippen molar-refractivity contribution in [3.63, 3.8) is 0 Å². The summed E-state index contributed by atoms with van der Waals surface area (Å²) in [6, 6.07) is 22.8. The molecular formula is C54H63N9O11S3. The molecule has 0 spiro atoms. The maximum atomic E-state index is 14.0. The summed E-state index contributed by atoms with van der Waals surface area (Å²) in [5.41, 5.74) is 8.21. The maximum Gasteiger partial charge on any atom is 0.253 e. The van der Waals surface area contributed by atoms with Gasteiger partial charge >= 0.3 is 0 Å². The van der Waals surface area contributed by atoms with Gasteiger partial charge in [-0.05, 0) is 58.4 Å². The summed E-state index contributed by atoms with van der Waals surface area (Å²) in [6.45, 7) is 8.17. The Labute approximate surface area is 455 Å². The summed E-state index contributed by atoms with van der Waals surface area (Å²) in [6.07, 6.45) is 2.71. The zero-order chi connectivity index (χ0) is 55.3. The van der Waals surface area contributed by atoms with Crippen molar-refractivity contribution in [2.24, 2.45) is 5.41 Å².